The van der Waals surface area contributed by atoms with E-state index in [-0.39, 0.29) is 0 Å². The molecule has 0 aromatic heterocycles. The van der Waals surface area contributed by atoms with Gasteiger partial charge in [0.2, 0.25) is 0 Å². The van der Waals surface area contributed by atoms with E-state index in [1.54, 1.807) is 0 Å². The van der Waals surface area contributed by atoms with Crippen LogP contribution in [0.25, 0.3) is 0 Å². The van der Waals surface area contributed by atoms with Crippen molar-refractivity contribution in [2.45, 2.75) is 38.7 Å². The maximum absolute atomic E-state index is 6.03. The smallest absolute Gasteiger partial charge is 0.133 e. The second kappa shape index (κ2) is 5.19. The summed E-state index contributed by atoms with van der Waals surface area (Å²) in [5.41, 5.74) is 0. The van der Waals surface area contributed by atoms with Crippen LogP contribution in [0, 0.1) is 9.49 Å². The molecule has 1 aromatic carbocycles. The minimum Gasteiger partial charge on any atom is -0.489 e. The molecule has 0 amide bonds. The van der Waals surface area contributed by atoms with E-state index >= 15 is 0 Å². The second-order valence-electron chi connectivity index (χ2n) is 4.43. The lowest BCUT2D eigenvalue weighted by Crippen LogP contribution is -2.23. The Morgan fingerprint density at radius 2 is 1.80 bits per heavy atom. The molecule has 1 saturated carbocycles. The third-order valence-corrected chi connectivity index (χ3v) is 3.98. The number of halogens is 1. The normalized spacial score (nSPS) is 26.3. The van der Waals surface area contributed by atoms with Gasteiger partial charge in [-0.1, -0.05) is 19.1 Å². The molecule has 15 heavy (non-hydrogen) atoms. The molecule has 0 saturated heterocycles. The molecule has 1 nitrogen and oxygen atoms in total. The van der Waals surface area contributed by atoms with E-state index in [1.807, 2.05) is 6.07 Å². The maximum atomic E-state index is 6.03. The Kier molecular flexibility index (Phi) is 3.89. The fourth-order valence-electron chi connectivity index (χ4n) is 2.07. The highest BCUT2D eigenvalue weighted by atomic mass is 127. The topological polar surface area (TPSA) is 9.23 Å². The first-order valence-corrected chi connectivity index (χ1v) is 6.75. The fourth-order valence-corrected chi connectivity index (χ4v) is 2.58. The minimum atomic E-state index is 0.442. The van der Waals surface area contributed by atoms with E-state index < -0.39 is 0 Å². The molecule has 2 rings (SSSR count). The average Bonchev–Trinajstić information content (AvgIpc) is 2.25. The summed E-state index contributed by atoms with van der Waals surface area (Å²) in [6.45, 7) is 2.34. The first-order chi connectivity index (χ1) is 7.25. The van der Waals surface area contributed by atoms with Crippen LogP contribution in [-0.2, 0) is 0 Å². The Hall–Kier alpha value is -0.250. The van der Waals surface area contributed by atoms with Crippen molar-refractivity contribution in [3.8, 4) is 5.75 Å². The van der Waals surface area contributed by atoms with Crippen LogP contribution >= 0.6 is 22.6 Å². The average molecular weight is 316 g/mol. The van der Waals surface area contributed by atoms with Gasteiger partial charge in [-0.05, 0) is 66.3 Å². The molecular weight excluding hydrogens is 299 g/mol. The van der Waals surface area contributed by atoms with Crippen molar-refractivity contribution in [2.24, 2.45) is 5.92 Å². The SMILES string of the molecule is CC1CCC(Oc2ccccc2I)CC1. The lowest BCUT2D eigenvalue weighted by Gasteiger charge is -2.27. The van der Waals surface area contributed by atoms with Crippen molar-refractivity contribution in [3.63, 3.8) is 0 Å². The molecule has 1 fully saturated rings. The number of para-hydroxylation sites is 1. The molecule has 0 unspecified atom stereocenters. The summed E-state index contributed by atoms with van der Waals surface area (Å²) < 4.78 is 7.24. The summed E-state index contributed by atoms with van der Waals surface area (Å²) in [5, 5.41) is 0. The molecule has 0 spiro atoms. The molecule has 1 aliphatic rings. The van der Waals surface area contributed by atoms with Gasteiger partial charge in [-0.3, -0.25) is 0 Å². The van der Waals surface area contributed by atoms with Gasteiger partial charge in [0.25, 0.3) is 0 Å². The van der Waals surface area contributed by atoms with Crippen molar-refractivity contribution >= 4 is 22.6 Å². The summed E-state index contributed by atoms with van der Waals surface area (Å²) in [4.78, 5) is 0. The fraction of sp³-hybridized carbons (Fsp3) is 0.538. The molecule has 0 bridgehead atoms. The van der Waals surface area contributed by atoms with E-state index in [1.165, 1.54) is 29.3 Å². The summed E-state index contributed by atoms with van der Waals surface area (Å²) in [6.07, 6.45) is 5.50. The Morgan fingerprint density at radius 3 is 2.47 bits per heavy atom. The highest BCUT2D eigenvalue weighted by molar-refractivity contribution is 14.1. The predicted octanol–water partition coefficient (Wildman–Crippen LogP) is 4.25. The zero-order valence-electron chi connectivity index (χ0n) is 9.08. The number of rotatable bonds is 2. The predicted molar refractivity (Wildman–Crippen MR) is 71.2 cm³/mol. The van der Waals surface area contributed by atoms with Gasteiger partial charge < -0.3 is 4.74 Å². The summed E-state index contributed by atoms with van der Waals surface area (Å²) in [7, 11) is 0. The van der Waals surface area contributed by atoms with Gasteiger partial charge >= 0.3 is 0 Å². The molecule has 0 radical (unpaired) electrons. The third kappa shape index (κ3) is 3.10. The summed E-state index contributed by atoms with van der Waals surface area (Å²) >= 11 is 2.34. The minimum absolute atomic E-state index is 0.442. The highest BCUT2D eigenvalue weighted by Gasteiger charge is 2.19. The molecule has 0 aliphatic heterocycles. The third-order valence-electron chi connectivity index (χ3n) is 3.09. The van der Waals surface area contributed by atoms with E-state index in [9.17, 15) is 0 Å². The van der Waals surface area contributed by atoms with Crippen molar-refractivity contribution in [1.82, 2.24) is 0 Å². The quantitative estimate of drug-likeness (QED) is 0.741. The van der Waals surface area contributed by atoms with Crippen LogP contribution in [0.3, 0.4) is 0 Å². The standard InChI is InChI=1S/C13H17IO/c1-10-6-8-11(9-7-10)15-13-5-3-2-4-12(13)14/h2-5,10-11H,6-9H2,1H3. The first kappa shape index (κ1) is 11.2. The van der Waals surface area contributed by atoms with Gasteiger partial charge in [0, 0.05) is 0 Å². The van der Waals surface area contributed by atoms with E-state index in [0.29, 0.717) is 6.10 Å². The van der Waals surface area contributed by atoms with Crippen molar-refractivity contribution in [2.75, 3.05) is 0 Å². The van der Waals surface area contributed by atoms with Crippen LogP contribution in [0.15, 0.2) is 24.3 Å². The zero-order valence-corrected chi connectivity index (χ0v) is 11.2. The molecule has 2 heteroatoms. The van der Waals surface area contributed by atoms with Crippen LogP contribution in [0.1, 0.15) is 32.6 Å². The number of hydrogen-bond donors (Lipinski definition) is 0. The Balaban J connectivity index is 1.95. The van der Waals surface area contributed by atoms with Crippen LogP contribution in [0.5, 0.6) is 5.75 Å². The monoisotopic (exact) mass is 316 g/mol. The molecule has 1 aromatic rings. The van der Waals surface area contributed by atoms with Crippen molar-refractivity contribution in [1.29, 1.82) is 0 Å². The van der Waals surface area contributed by atoms with Gasteiger partial charge in [-0.25, -0.2) is 0 Å². The molecular formula is C13H17IO. The second-order valence-corrected chi connectivity index (χ2v) is 5.59. The number of hydrogen-bond acceptors (Lipinski definition) is 1. The van der Waals surface area contributed by atoms with Crippen LogP contribution < -0.4 is 4.74 Å². The molecule has 0 atom stereocenters. The lowest BCUT2D eigenvalue weighted by molar-refractivity contribution is 0.134. The van der Waals surface area contributed by atoms with Gasteiger partial charge in [0.15, 0.2) is 0 Å². The lowest BCUT2D eigenvalue weighted by atomic mass is 9.89. The molecule has 0 N–H and O–H groups in total. The molecule has 82 valence electrons. The van der Waals surface area contributed by atoms with Gasteiger partial charge in [0.1, 0.15) is 5.75 Å². The van der Waals surface area contributed by atoms with Crippen molar-refractivity contribution < 1.29 is 4.74 Å². The van der Waals surface area contributed by atoms with Gasteiger partial charge in [0.05, 0.1) is 9.67 Å². The van der Waals surface area contributed by atoms with Crippen LogP contribution in [-0.4, -0.2) is 6.10 Å². The van der Waals surface area contributed by atoms with E-state index in [2.05, 4.69) is 47.7 Å². The van der Waals surface area contributed by atoms with Gasteiger partial charge in [-0.2, -0.15) is 0 Å². The summed E-state index contributed by atoms with van der Waals surface area (Å²) in [6, 6.07) is 8.27. The summed E-state index contributed by atoms with van der Waals surface area (Å²) in [5.74, 6) is 1.94. The Labute approximate surface area is 105 Å². The van der Waals surface area contributed by atoms with Gasteiger partial charge in [-0.15, -0.1) is 0 Å². The van der Waals surface area contributed by atoms with Crippen LogP contribution in [0.4, 0.5) is 0 Å². The zero-order chi connectivity index (χ0) is 10.7. The maximum Gasteiger partial charge on any atom is 0.133 e. The van der Waals surface area contributed by atoms with Crippen LogP contribution in [0.2, 0.25) is 0 Å². The first-order valence-electron chi connectivity index (χ1n) is 5.67. The Morgan fingerprint density at radius 1 is 1.13 bits per heavy atom. The molecule has 1 aliphatic carbocycles. The number of benzene rings is 1. The van der Waals surface area contributed by atoms with E-state index in [4.69, 9.17) is 4.74 Å². The van der Waals surface area contributed by atoms with E-state index in [0.717, 1.165) is 11.7 Å². The Bertz CT molecular complexity index is 316. The molecule has 0 heterocycles. The largest absolute Gasteiger partial charge is 0.489 e. The highest BCUT2D eigenvalue weighted by Crippen LogP contribution is 2.29. The van der Waals surface area contributed by atoms with Crippen molar-refractivity contribution in [3.05, 3.63) is 27.8 Å². The number of ether oxygens (including phenoxy) is 1.